The highest BCUT2D eigenvalue weighted by atomic mass is 32.2. The SMILES string of the molecule is N#Cc1cccc(CN2C(=O)C3(SCCN3C(=O)c3ccccc3F)c3cc(F)ccc32)c1. The molecule has 1 unspecified atom stereocenters. The van der Waals surface area contributed by atoms with Crippen molar-refractivity contribution in [2.75, 3.05) is 17.2 Å². The number of amides is 2. The van der Waals surface area contributed by atoms with Crippen LogP contribution in [0, 0.1) is 23.0 Å². The average Bonchev–Trinajstić information content (AvgIpc) is 3.36. The van der Waals surface area contributed by atoms with Gasteiger partial charge in [0.2, 0.25) is 0 Å². The van der Waals surface area contributed by atoms with Gasteiger partial charge in [0.15, 0.2) is 4.87 Å². The molecule has 164 valence electrons. The number of hydrogen-bond acceptors (Lipinski definition) is 4. The molecule has 1 saturated heterocycles. The molecule has 5 rings (SSSR count). The maximum atomic E-state index is 14.4. The number of anilines is 1. The standard InChI is InChI=1S/C25H17F2N3O2S/c26-18-8-9-22-20(13-18)25(24(32)29(22)15-17-5-3-4-16(12-17)14-28)30(10-11-33-25)23(31)19-6-1-2-7-21(19)27/h1-9,12-13H,10-11,15H2. The van der Waals surface area contributed by atoms with Gasteiger partial charge in [0, 0.05) is 17.9 Å². The van der Waals surface area contributed by atoms with E-state index in [0.29, 0.717) is 22.6 Å². The van der Waals surface area contributed by atoms with E-state index in [1.54, 1.807) is 30.3 Å². The molecule has 2 aliphatic heterocycles. The van der Waals surface area contributed by atoms with Gasteiger partial charge in [-0.05, 0) is 48.0 Å². The number of benzene rings is 3. The van der Waals surface area contributed by atoms with Gasteiger partial charge in [-0.1, -0.05) is 24.3 Å². The Kier molecular flexibility index (Phi) is 5.14. The van der Waals surface area contributed by atoms with E-state index >= 15 is 0 Å². The molecule has 0 aromatic heterocycles. The van der Waals surface area contributed by atoms with Crippen molar-refractivity contribution in [1.29, 1.82) is 5.26 Å². The Morgan fingerprint density at radius 2 is 1.91 bits per heavy atom. The number of nitrogens with zero attached hydrogens (tertiary/aromatic N) is 3. The van der Waals surface area contributed by atoms with E-state index in [9.17, 15) is 23.6 Å². The smallest absolute Gasteiger partial charge is 0.268 e. The van der Waals surface area contributed by atoms with Crippen molar-refractivity contribution in [3.05, 3.63) is 101 Å². The van der Waals surface area contributed by atoms with Crippen molar-refractivity contribution in [2.24, 2.45) is 0 Å². The van der Waals surface area contributed by atoms with E-state index in [1.165, 1.54) is 58.0 Å². The van der Waals surface area contributed by atoms with Gasteiger partial charge in [0.05, 0.1) is 29.4 Å². The third-order valence-corrected chi connectivity index (χ3v) is 7.32. The van der Waals surface area contributed by atoms with Gasteiger partial charge in [0.25, 0.3) is 11.8 Å². The molecule has 5 nitrogen and oxygen atoms in total. The fourth-order valence-corrected chi connectivity index (χ4v) is 5.90. The van der Waals surface area contributed by atoms with Crippen molar-refractivity contribution in [3.8, 4) is 6.07 Å². The largest absolute Gasteiger partial charge is 0.311 e. The fraction of sp³-hybridized carbons (Fsp3) is 0.160. The predicted octanol–water partition coefficient (Wildman–Crippen LogP) is 4.43. The Bertz CT molecular complexity index is 1340. The van der Waals surface area contributed by atoms with Crippen LogP contribution in [-0.2, 0) is 16.2 Å². The molecule has 0 bridgehead atoms. The summed E-state index contributed by atoms with van der Waals surface area (Å²) in [5.74, 6) is -1.77. The molecule has 33 heavy (non-hydrogen) atoms. The van der Waals surface area contributed by atoms with Crippen molar-refractivity contribution < 1.29 is 18.4 Å². The molecule has 3 aromatic carbocycles. The van der Waals surface area contributed by atoms with Gasteiger partial charge < -0.3 is 9.80 Å². The lowest BCUT2D eigenvalue weighted by Gasteiger charge is -2.33. The molecule has 1 atom stereocenters. The van der Waals surface area contributed by atoms with Crippen LogP contribution < -0.4 is 4.90 Å². The first kappa shape index (κ1) is 21.2. The molecule has 0 radical (unpaired) electrons. The normalized spacial score (nSPS) is 19.1. The zero-order valence-corrected chi connectivity index (χ0v) is 18.1. The fourth-order valence-electron chi connectivity index (χ4n) is 4.45. The first-order valence-electron chi connectivity index (χ1n) is 10.3. The van der Waals surface area contributed by atoms with Gasteiger partial charge in [-0.25, -0.2) is 8.78 Å². The van der Waals surface area contributed by atoms with Gasteiger partial charge in [0.1, 0.15) is 11.6 Å². The Morgan fingerprint density at radius 3 is 2.70 bits per heavy atom. The van der Waals surface area contributed by atoms with E-state index in [-0.39, 0.29) is 18.7 Å². The third-order valence-electron chi connectivity index (χ3n) is 5.90. The molecular weight excluding hydrogens is 444 g/mol. The summed E-state index contributed by atoms with van der Waals surface area (Å²) in [6.45, 7) is 0.369. The maximum Gasteiger partial charge on any atom is 0.268 e. The second-order valence-corrected chi connectivity index (χ2v) is 9.08. The number of nitriles is 1. The van der Waals surface area contributed by atoms with Crippen LogP contribution in [0.1, 0.15) is 27.0 Å². The summed E-state index contributed by atoms with van der Waals surface area (Å²) in [5, 5.41) is 9.21. The van der Waals surface area contributed by atoms with Gasteiger partial charge in [-0.2, -0.15) is 5.26 Å². The average molecular weight is 461 g/mol. The third kappa shape index (κ3) is 3.28. The molecule has 3 aromatic rings. The summed E-state index contributed by atoms with van der Waals surface area (Å²) in [4.78, 5) is 28.7. The van der Waals surface area contributed by atoms with Crippen LogP contribution in [0.5, 0.6) is 0 Å². The number of carbonyl (C=O) groups is 2. The van der Waals surface area contributed by atoms with Crippen LogP contribution in [0.15, 0.2) is 66.7 Å². The quantitative estimate of drug-likeness (QED) is 0.579. The highest BCUT2D eigenvalue weighted by Gasteiger charge is 2.59. The number of halogens is 2. The number of hydrogen-bond donors (Lipinski definition) is 0. The minimum atomic E-state index is -1.48. The molecule has 2 aliphatic rings. The molecule has 2 amide bonds. The first-order chi connectivity index (χ1) is 16.0. The Labute approximate surface area is 193 Å². The topological polar surface area (TPSA) is 64.4 Å². The minimum Gasteiger partial charge on any atom is -0.311 e. The second kappa shape index (κ2) is 8.01. The molecule has 0 N–H and O–H groups in total. The van der Waals surface area contributed by atoms with Gasteiger partial charge >= 0.3 is 0 Å². The number of thioether (sulfide) groups is 1. The molecular formula is C25H17F2N3O2S. The molecule has 8 heteroatoms. The number of carbonyl (C=O) groups excluding carboxylic acids is 2. The van der Waals surface area contributed by atoms with Crippen LogP contribution in [0.3, 0.4) is 0 Å². The lowest BCUT2D eigenvalue weighted by atomic mass is 10.0. The summed E-state index contributed by atoms with van der Waals surface area (Å²) in [5.41, 5.74) is 1.91. The zero-order chi connectivity index (χ0) is 23.2. The first-order valence-corrected chi connectivity index (χ1v) is 11.3. The molecule has 1 fully saturated rings. The minimum absolute atomic E-state index is 0.134. The Hall–Kier alpha value is -3.70. The summed E-state index contributed by atoms with van der Waals surface area (Å²) >= 11 is 1.24. The maximum absolute atomic E-state index is 14.4. The van der Waals surface area contributed by atoms with E-state index in [4.69, 9.17) is 0 Å². The summed E-state index contributed by atoms with van der Waals surface area (Å²) < 4.78 is 28.8. The second-order valence-electron chi connectivity index (χ2n) is 7.79. The van der Waals surface area contributed by atoms with Crippen molar-refractivity contribution in [2.45, 2.75) is 11.4 Å². The van der Waals surface area contributed by atoms with Crippen molar-refractivity contribution >= 4 is 29.3 Å². The lowest BCUT2D eigenvalue weighted by Crippen LogP contribution is -2.50. The van der Waals surface area contributed by atoms with E-state index in [0.717, 1.165) is 5.56 Å². The zero-order valence-electron chi connectivity index (χ0n) is 17.3. The molecule has 0 aliphatic carbocycles. The Morgan fingerprint density at radius 1 is 1.09 bits per heavy atom. The molecule has 2 heterocycles. The predicted molar refractivity (Wildman–Crippen MR) is 120 cm³/mol. The van der Waals surface area contributed by atoms with Crippen LogP contribution in [0.2, 0.25) is 0 Å². The highest BCUT2D eigenvalue weighted by Crippen LogP contribution is 2.55. The molecule has 0 saturated carbocycles. The van der Waals surface area contributed by atoms with E-state index in [2.05, 4.69) is 6.07 Å². The summed E-state index contributed by atoms with van der Waals surface area (Å²) in [6.07, 6.45) is 0. The number of rotatable bonds is 3. The van der Waals surface area contributed by atoms with Crippen molar-refractivity contribution in [3.63, 3.8) is 0 Å². The highest BCUT2D eigenvalue weighted by molar-refractivity contribution is 8.01. The van der Waals surface area contributed by atoms with Gasteiger partial charge in [-0.3, -0.25) is 9.59 Å². The number of fused-ring (bicyclic) bond motifs is 2. The van der Waals surface area contributed by atoms with E-state index in [1.807, 2.05) is 0 Å². The summed E-state index contributed by atoms with van der Waals surface area (Å²) in [7, 11) is 0. The Balaban J connectivity index is 1.61. The lowest BCUT2D eigenvalue weighted by molar-refractivity contribution is -0.123. The van der Waals surface area contributed by atoms with Crippen molar-refractivity contribution in [1.82, 2.24) is 4.90 Å². The van der Waals surface area contributed by atoms with Crippen LogP contribution in [0.4, 0.5) is 14.5 Å². The monoisotopic (exact) mass is 461 g/mol. The van der Waals surface area contributed by atoms with Crippen LogP contribution >= 0.6 is 11.8 Å². The van der Waals surface area contributed by atoms with E-state index < -0.39 is 28.3 Å². The summed E-state index contributed by atoms with van der Waals surface area (Å²) in [6, 6.07) is 18.7. The van der Waals surface area contributed by atoms with Crippen LogP contribution in [-0.4, -0.2) is 29.0 Å². The van der Waals surface area contributed by atoms with Crippen LogP contribution in [0.25, 0.3) is 0 Å². The molecule has 1 spiro atoms. The van der Waals surface area contributed by atoms with Gasteiger partial charge in [-0.15, -0.1) is 11.8 Å².